The number of carbonyl (C=O) groups is 1. The summed E-state index contributed by atoms with van der Waals surface area (Å²) in [4.78, 5) is 15.8. The third-order valence-electron chi connectivity index (χ3n) is 4.02. The van der Waals surface area contributed by atoms with Crippen molar-refractivity contribution >= 4 is 28.7 Å². The fourth-order valence-electron chi connectivity index (χ4n) is 2.95. The molecule has 0 saturated heterocycles. The summed E-state index contributed by atoms with van der Waals surface area (Å²) in [5, 5.41) is 10.0. The van der Waals surface area contributed by atoms with Gasteiger partial charge in [0.25, 0.3) is 0 Å². The van der Waals surface area contributed by atoms with Crippen LogP contribution in [0.4, 0.5) is 18.0 Å². The summed E-state index contributed by atoms with van der Waals surface area (Å²) in [6.45, 7) is 3.59. The first-order chi connectivity index (χ1) is 13.5. The number of hydrogen-bond donors (Lipinski definition) is 1. The zero-order chi connectivity index (χ0) is 21.3. The number of fused-ring (bicyclic) bond motifs is 1. The second kappa shape index (κ2) is 7.79. The summed E-state index contributed by atoms with van der Waals surface area (Å²) in [5.74, 6) is -0.737. The van der Waals surface area contributed by atoms with E-state index in [-0.39, 0.29) is 22.8 Å². The Hall–Kier alpha value is -3.00. The minimum Gasteiger partial charge on any atom is -0.449 e. The molecule has 0 unspecified atom stereocenters. The summed E-state index contributed by atoms with van der Waals surface area (Å²) in [6, 6.07) is 10.0. The van der Waals surface area contributed by atoms with Gasteiger partial charge in [0.15, 0.2) is 5.75 Å². The number of hydrogen-bond acceptors (Lipinski definition) is 4. The highest BCUT2D eigenvalue weighted by atomic mass is 35.5. The maximum atomic E-state index is 12.7. The van der Waals surface area contributed by atoms with Crippen LogP contribution < -0.4 is 9.47 Å². The normalized spacial score (nSPS) is 11.7. The lowest BCUT2D eigenvalue weighted by molar-refractivity contribution is -0.274. The van der Waals surface area contributed by atoms with Gasteiger partial charge in [-0.25, -0.2) is 9.78 Å². The number of pyridine rings is 1. The van der Waals surface area contributed by atoms with Gasteiger partial charge >= 0.3 is 12.5 Å². The van der Waals surface area contributed by atoms with Crippen LogP contribution in [0.1, 0.15) is 25.5 Å². The molecule has 0 fully saturated rings. The van der Waals surface area contributed by atoms with E-state index >= 15 is 0 Å². The first kappa shape index (κ1) is 20.7. The van der Waals surface area contributed by atoms with E-state index in [1.54, 1.807) is 32.0 Å². The van der Waals surface area contributed by atoms with Gasteiger partial charge in [0.1, 0.15) is 5.75 Å². The van der Waals surface area contributed by atoms with Crippen LogP contribution in [0.15, 0.2) is 42.5 Å². The van der Waals surface area contributed by atoms with Crippen molar-refractivity contribution in [3.05, 3.63) is 53.2 Å². The maximum Gasteiger partial charge on any atom is 0.573 e. The molecule has 5 nitrogen and oxygen atoms in total. The van der Waals surface area contributed by atoms with E-state index in [4.69, 9.17) is 16.3 Å². The Morgan fingerprint density at radius 3 is 2.52 bits per heavy atom. The van der Waals surface area contributed by atoms with Gasteiger partial charge in [-0.2, -0.15) is 0 Å². The second-order valence-corrected chi connectivity index (χ2v) is 6.90. The van der Waals surface area contributed by atoms with E-state index in [1.807, 2.05) is 0 Å². The lowest BCUT2D eigenvalue weighted by atomic mass is 9.95. The highest BCUT2D eigenvalue weighted by Gasteiger charge is 2.31. The molecular weight excluding hydrogens is 411 g/mol. The third-order valence-corrected chi connectivity index (χ3v) is 4.26. The minimum absolute atomic E-state index is 0.0635. The van der Waals surface area contributed by atoms with Gasteiger partial charge in [-0.15, -0.1) is 13.2 Å². The molecule has 0 spiro atoms. The van der Waals surface area contributed by atoms with Crippen LogP contribution in [-0.4, -0.2) is 22.6 Å². The van der Waals surface area contributed by atoms with Crippen LogP contribution in [0.2, 0.25) is 5.02 Å². The van der Waals surface area contributed by atoms with E-state index in [9.17, 15) is 23.1 Å². The molecule has 0 saturated carbocycles. The van der Waals surface area contributed by atoms with Crippen molar-refractivity contribution < 1.29 is 32.5 Å². The zero-order valence-corrected chi connectivity index (χ0v) is 16.0. The fraction of sp³-hybridized carbons (Fsp3) is 0.200. The number of alkyl halides is 3. The molecule has 152 valence electrons. The average Bonchev–Trinajstić information content (AvgIpc) is 2.59. The van der Waals surface area contributed by atoms with Crippen LogP contribution in [0.25, 0.3) is 22.0 Å². The van der Waals surface area contributed by atoms with Gasteiger partial charge < -0.3 is 14.6 Å². The molecule has 0 aliphatic carbocycles. The molecule has 9 heteroatoms. The van der Waals surface area contributed by atoms with E-state index in [0.717, 1.165) is 12.1 Å². The molecule has 0 radical (unpaired) electrons. The SMILES string of the molecule is CC(C)c1nc2ccc(Cl)cc2c(-c2cccc(OC(F)(F)F)c2)c1OC(=O)O. The maximum absolute atomic E-state index is 12.7. The van der Waals surface area contributed by atoms with Crippen LogP contribution in [0.5, 0.6) is 11.5 Å². The van der Waals surface area contributed by atoms with Gasteiger partial charge in [-0.05, 0) is 41.8 Å². The van der Waals surface area contributed by atoms with E-state index in [0.29, 0.717) is 21.6 Å². The smallest absolute Gasteiger partial charge is 0.449 e. The predicted octanol–water partition coefficient (Wildman–Crippen LogP) is 6.63. The molecule has 29 heavy (non-hydrogen) atoms. The van der Waals surface area contributed by atoms with Gasteiger partial charge in [0.05, 0.1) is 11.2 Å². The molecule has 0 bridgehead atoms. The zero-order valence-electron chi connectivity index (χ0n) is 15.2. The molecule has 3 rings (SSSR count). The van der Waals surface area contributed by atoms with Crippen molar-refractivity contribution in [2.45, 2.75) is 26.1 Å². The van der Waals surface area contributed by atoms with Crippen molar-refractivity contribution in [3.8, 4) is 22.6 Å². The Balaban J connectivity index is 2.36. The Morgan fingerprint density at radius 1 is 1.17 bits per heavy atom. The summed E-state index contributed by atoms with van der Waals surface area (Å²) >= 11 is 6.10. The lowest BCUT2D eigenvalue weighted by Gasteiger charge is -2.18. The van der Waals surface area contributed by atoms with Crippen LogP contribution >= 0.6 is 11.6 Å². The molecule has 0 amide bonds. The van der Waals surface area contributed by atoms with E-state index in [2.05, 4.69) is 9.72 Å². The van der Waals surface area contributed by atoms with E-state index in [1.165, 1.54) is 12.1 Å². The number of aromatic nitrogens is 1. The van der Waals surface area contributed by atoms with Gasteiger partial charge in [-0.1, -0.05) is 37.6 Å². The molecule has 0 atom stereocenters. The first-order valence-corrected chi connectivity index (χ1v) is 8.83. The number of rotatable bonds is 4. The topological polar surface area (TPSA) is 68.7 Å². The summed E-state index contributed by atoms with van der Waals surface area (Å²) < 4.78 is 47.0. The Morgan fingerprint density at radius 2 is 1.90 bits per heavy atom. The minimum atomic E-state index is -4.87. The highest BCUT2D eigenvalue weighted by Crippen LogP contribution is 2.43. The lowest BCUT2D eigenvalue weighted by Crippen LogP contribution is -2.17. The van der Waals surface area contributed by atoms with Crippen LogP contribution in [0, 0.1) is 0 Å². The van der Waals surface area contributed by atoms with Crippen molar-refractivity contribution in [2.24, 2.45) is 0 Å². The van der Waals surface area contributed by atoms with Crippen molar-refractivity contribution in [2.75, 3.05) is 0 Å². The molecule has 1 heterocycles. The molecule has 3 aromatic rings. The third kappa shape index (κ3) is 4.71. The summed E-state index contributed by atoms with van der Waals surface area (Å²) in [5.41, 5.74) is 1.36. The van der Waals surface area contributed by atoms with Crippen molar-refractivity contribution in [3.63, 3.8) is 0 Å². The Bertz CT molecular complexity index is 1080. The largest absolute Gasteiger partial charge is 0.573 e. The quantitative estimate of drug-likeness (QED) is 0.475. The van der Waals surface area contributed by atoms with Gasteiger partial charge in [0.2, 0.25) is 0 Å². The number of benzene rings is 2. The second-order valence-electron chi connectivity index (χ2n) is 6.46. The van der Waals surface area contributed by atoms with Gasteiger partial charge in [0, 0.05) is 16.0 Å². The first-order valence-electron chi connectivity index (χ1n) is 8.45. The van der Waals surface area contributed by atoms with Crippen LogP contribution in [0.3, 0.4) is 0 Å². The van der Waals surface area contributed by atoms with Gasteiger partial charge in [-0.3, -0.25) is 0 Å². The molecular formula is C20H15ClF3NO4. The van der Waals surface area contributed by atoms with E-state index < -0.39 is 18.3 Å². The standard InChI is InChI=1S/C20H15ClF3NO4/c1-10(2)17-18(28-19(26)27)16(14-9-12(21)6-7-15(14)25-17)11-4-3-5-13(8-11)29-20(22,23)24/h3-10H,1-2H3,(H,26,27). The molecule has 0 aliphatic heterocycles. The highest BCUT2D eigenvalue weighted by molar-refractivity contribution is 6.31. The number of carboxylic acid groups (broad SMARTS) is 1. The Labute approximate surface area is 168 Å². The molecule has 1 aromatic heterocycles. The number of ether oxygens (including phenoxy) is 2. The van der Waals surface area contributed by atoms with Crippen molar-refractivity contribution in [1.29, 1.82) is 0 Å². The van der Waals surface area contributed by atoms with Crippen molar-refractivity contribution in [1.82, 2.24) is 4.98 Å². The monoisotopic (exact) mass is 425 g/mol. The summed E-state index contributed by atoms with van der Waals surface area (Å²) in [6.07, 6.45) is -6.44. The molecule has 1 N–H and O–H groups in total. The van der Waals surface area contributed by atoms with Crippen LogP contribution in [-0.2, 0) is 0 Å². The fourth-order valence-corrected chi connectivity index (χ4v) is 3.13. The Kier molecular flexibility index (Phi) is 5.57. The average molecular weight is 426 g/mol. The summed E-state index contributed by atoms with van der Waals surface area (Å²) in [7, 11) is 0. The molecule has 0 aliphatic rings. The predicted molar refractivity (Wildman–Crippen MR) is 102 cm³/mol. The molecule has 2 aromatic carbocycles. The number of halogens is 4. The number of nitrogens with zero attached hydrogens (tertiary/aromatic N) is 1.